The molecule has 3 N–H and O–H groups in total. The Balaban J connectivity index is 1.18. The number of methoxy groups -OCH3 is 1. The summed E-state index contributed by atoms with van der Waals surface area (Å²) < 4.78 is 46.0. The number of cyclic esters (lactones) is 1. The van der Waals surface area contributed by atoms with Gasteiger partial charge in [-0.25, -0.2) is 18.2 Å². The Morgan fingerprint density at radius 1 is 1.07 bits per heavy atom. The smallest absolute Gasteiger partial charge is 0.407 e. The van der Waals surface area contributed by atoms with Crippen molar-refractivity contribution in [1.82, 2.24) is 25.2 Å². The number of hydrogen-bond donors (Lipinski definition) is 3. The van der Waals surface area contributed by atoms with Crippen LogP contribution in [0.25, 0.3) is 28.2 Å². The molecule has 0 radical (unpaired) electrons. The van der Waals surface area contributed by atoms with Gasteiger partial charge in [0, 0.05) is 41.0 Å². The van der Waals surface area contributed by atoms with Crippen LogP contribution in [-0.2, 0) is 29.1 Å². The van der Waals surface area contributed by atoms with Crippen LogP contribution in [0.5, 0.6) is 11.5 Å². The zero-order chi connectivity index (χ0) is 40.6. The Morgan fingerprint density at radius 3 is 2.55 bits per heavy atom. The number of ether oxygens (including phenoxy) is 3. The standard InChI is InChI=1S/C43H49N5O9S/c1-3-29-24-43(29,41(51)47-58(53,54)31-17-18-31)46-39(49)35-21-30-25-48(35)40(50)38(27-14-9-10-15-27)45-42(52)56-19-11-5-8-16-28-20-32-34(23-36(28)55-2)44-33(22-37(32)57-30)26-12-6-4-7-13-26/h3-4,6-8,12-13,16,20,22-23,27,29-31,35,38H,1,5,9-11,14-15,17-19,21,24-25H2,2H3,(H,45,52)(H,46,49)(H,47,51)/b16-8-/t29-,30-,35+,38+,43-/m1/s1. The number of aromatic nitrogens is 1. The maximum atomic E-state index is 14.8. The van der Waals surface area contributed by atoms with E-state index in [0.29, 0.717) is 66.6 Å². The minimum Gasteiger partial charge on any atom is -0.496 e. The molecule has 5 aliphatic rings. The molecule has 3 aliphatic carbocycles. The Morgan fingerprint density at radius 2 is 1.84 bits per heavy atom. The molecule has 14 nitrogen and oxygen atoms in total. The summed E-state index contributed by atoms with van der Waals surface area (Å²) in [7, 11) is -2.32. The molecule has 4 amide bonds. The molecule has 306 valence electrons. The second kappa shape index (κ2) is 16.1. The van der Waals surface area contributed by atoms with Gasteiger partial charge in [-0.3, -0.25) is 19.1 Å². The van der Waals surface area contributed by atoms with Crippen LogP contribution in [0.3, 0.4) is 0 Å². The number of alkyl carbamates (subject to hydrolysis) is 1. The van der Waals surface area contributed by atoms with Gasteiger partial charge in [-0.15, -0.1) is 6.58 Å². The quantitative estimate of drug-likeness (QED) is 0.248. The van der Waals surface area contributed by atoms with Crippen molar-refractivity contribution in [3.63, 3.8) is 0 Å². The van der Waals surface area contributed by atoms with E-state index in [0.717, 1.165) is 24.0 Å². The Kier molecular flexibility index (Phi) is 10.9. The van der Waals surface area contributed by atoms with Gasteiger partial charge in [-0.05, 0) is 56.9 Å². The van der Waals surface area contributed by atoms with E-state index >= 15 is 0 Å². The van der Waals surface area contributed by atoms with E-state index in [4.69, 9.17) is 19.2 Å². The van der Waals surface area contributed by atoms with Crippen LogP contribution in [0.2, 0.25) is 0 Å². The fraction of sp³-hybridized carbons (Fsp3) is 0.465. The molecule has 15 heteroatoms. The van der Waals surface area contributed by atoms with Crippen molar-refractivity contribution in [2.75, 3.05) is 20.3 Å². The largest absolute Gasteiger partial charge is 0.496 e. The van der Waals surface area contributed by atoms with E-state index in [1.165, 1.54) is 11.0 Å². The van der Waals surface area contributed by atoms with Crippen LogP contribution < -0.4 is 24.8 Å². The lowest BCUT2D eigenvalue weighted by molar-refractivity contribution is -0.142. The lowest BCUT2D eigenvalue weighted by Gasteiger charge is -2.32. The van der Waals surface area contributed by atoms with Gasteiger partial charge in [0.2, 0.25) is 21.8 Å². The number of rotatable bonds is 9. The number of pyridine rings is 1. The fourth-order valence-electron chi connectivity index (χ4n) is 8.57. The Hall–Kier alpha value is -5.44. The summed E-state index contributed by atoms with van der Waals surface area (Å²) >= 11 is 0. The van der Waals surface area contributed by atoms with Gasteiger partial charge < -0.3 is 29.7 Å². The van der Waals surface area contributed by atoms with E-state index in [2.05, 4.69) is 21.9 Å². The van der Waals surface area contributed by atoms with Gasteiger partial charge in [0.15, 0.2) is 0 Å². The summed E-state index contributed by atoms with van der Waals surface area (Å²) in [6.45, 7) is 3.93. The summed E-state index contributed by atoms with van der Waals surface area (Å²) in [5.41, 5.74) is 1.36. The normalized spacial score (nSPS) is 27.1. The summed E-state index contributed by atoms with van der Waals surface area (Å²) in [6, 6.07) is 13.2. The van der Waals surface area contributed by atoms with Crippen molar-refractivity contribution in [2.24, 2.45) is 11.8 Å². The summed E-state index contributed by atoms with van der Waals surface area (Å²) in [5.74, 6) is -1.53. The molecule has 0 spiro atoms. The first-order valence-corrected chi connectivity index (χ1v) is 21.7. The first kappa shape index (κ1) is 39.4. The molecule has 2 aromatic carbocycles. The van der Waals surface area contributed by atoms with Crippen molar-refractivity contribution in [1.29, 1.82) is 0 Å². The van der Waals surface area contributed by atoms with Crippen LogP contribution in [-0.4, -0.2) is 91.4 Å². The predicted octanol–water partition coefficient (Wildman–Crippen LogP) is 5.02. The highest BCUT2D eigenvalue weighted by molar-refractivity contribution is 7.91. The number of hydrogen-bond acceptors (Lipinski definition) is 10. The zero-order valence-corrected chi connectivity index (χ0v) is 33.3. The minimum absolute atomic E-state index is 0.00951. The maximum absolute atomic E-state index is 14.8. The molecule has 8 rings (SSSR count). The minimum atomic E-state index is -3.91. The Bertz CT molecular complexity index is 2260. The first-order valence-electron chi connectivity index (χ1n) is 20.2. The van der Waals surface area contributed by atoms with Gasteiger partial charge in [0.25, 0.3) is 5.91 Å². The second-order valence-corrected chi connectivity index (χ2v) is 18.0. The molecule has 0 unspecified atom stereocenters. The molecule has 3 saturated carbocycles. The molecule has 1 saturated heterocycles. The first-order chi connectivity index (χ1) is 28.0. The topological polar surface area (TPSA) is 182 Å². The molecule has 4 bridgehead atoms. The lowest BCUT2D eigenvalue weighted by Crippen LogP contribution is -2.59. The van der Waals surface area contributed by atoms with Crippen LogP contribution in [0.4, 0.5) is 4.79 Å². The van der Waals surface area contributed by atoms with Gasteiger partial charge in [-0.2, -0.15) is 0 Å². The number of fused-ring (bicyclic) bond motifs is 3. The number of carbonyl (C=O) groups is 4. The third-order valence-electron chi connectivity index (χ3n) is 12.0. The molecular formula is C43H49N5O9S. The van der Waals surface area contributed by atoms with Crippen molar-refractivity contribution in [3.05, 3.63) is 72.8 Å². The molecule has 3 aromatic rings. The zero-order valence-electron chi connectivity index (χ0n) is 32.5. The molecular weight excluding hydrogens is 763 g/mol. The summed E-state index contributed by atoms with van der Waals surface area (Å²) in [6.07, 6.45) is 9.49. The van der Waals surface area contributed by atoms with Crippen molar-refractivity contribution >= 4 is 50.8 Å². The Labute approximate surface area is 337 Å². The van der Waals surface area contributed by atoms with Gasteiger partial charge in [0.05, 0.1) is 36.7 Å². The third kappa shape index (κ3) is 8.00. The molecule has 1 aromatic heterocycles. The van der Waals surface area contributed by atoms with Crippen molar-refractivity contribution < 1.29 is 41.8 Å². The SMILES string of the molecule is C=C[C@@H]1C[C@]1(NC(=O)[C@@H]1C[C@@H]2CN1C(=O)[C@H](C1CCCC1)NC(=O)OCCC/C=C\c1cc3c(cc(-c4ccccc4)nc3cc1OC)O2)C(=O)NS(=O)(=O)C1CC1. The molecule has 3 heterocycles. The van der Waals surface area contributed by atoms with Gasteiger partial charge in [0.1, 0.15) is 35.2 Å². The number of sulfonamides is 1. The molecule has 58 heavy (non-hydrogen) atoms. The summed E-state index contributed by atoms with van der Waals surface area (Å²) in [4.78, 5) is 62.6. The predicted molar refractivity (Wildman–Crippen MR) is 216 cm³/mol. The summed E-state index contributed by atoms with van der Waals surface area (Å²) in [5, 5.41) is 5.75. The highest BCUT2D eigenvalue weighted by Gasteiger charge is 2.62. The maximum Gasteiger partial charge on any atom is 0.407 e. The van der Waals surface area contributed by atoms with Crippen LogP contribution >= 0.6 is 0 Å². The average Bonchev–Trinajstić information content (AvgIpc) is 4.09. The van der Waals surface area contributed by atoms with E-state index in [1.807, 2.05) is 60.7 Å². The monoisotopic (exact) mass is 811 g/mol. The number of benzene rings is 2. The molecule has 2 aliphatic heterocycles. The second-order valence-electron chi connectivity index (χ2n) is 16.0. The number of nitrogens with one attached hydrogen (secondary N) is 3. The van der Waals surface area contributed by atoms with E-state index in [-0.39, 0.29) is 31.9 Å². The highest BCUT2D eigenvalue weighted by Crippen LogP contribution is 2.46. The van der Waals surface area contributed by atoms with E-state index in [9.17, 15) is 27.6 Å². The number of allylic oxidation sites excluding steroid dienone is 1. The third-order valence-corrected chi connectivity index (χ3v) is 13.9. The van der Waals surface area contributed by atoms with Crippen molar-refractivity contribution in [3.8, 4) is 22.8 Å². The number of nitrogens with zero attached hydrogens (tertiary/aromatic N) is 2. The van der Waals surface area contributed by atoms with Crippen LogP contribution in [0.15, 0.2) is 67.3 Å². The van der Waals surface area contributed by atoms with Gasteiger partial charge in [-0.1, -0.05) is 61.4 Å². The highest BCUT2D eigenvalue weighted by atomic mass is 32.2. The molecule has 5 atom stereocenters. The van der Waals surface area contributed by atoms with Crippen LogP contribution in [0, 0.1) is 11.8 Å². The number of amides is 4. The molecule has 4 fully saturated rings. The van der Waals surface area contributed by atoms with Crippen LogP contribution in [0.1, 0.15) is 69.8 Å². The lowest BCUT2D eigenvalue weighted by atomic mass is 9.96. The average molecular weight is 812 g/mol. The fourth-order valence-corrected chi connectivity index (χ4v) is 9.93. The van der Waals surface area contributed by atoms with Gasteiger partial charge >= 0.3 is 6.09 Å². The van der Waals surface area contributed by atoms with E-state index in [1.54, 1.807) is 7.11 Å². The number of carbonyl (C=O) groups excluding carboxylic acids is 4. The van der Waals surface area contributed by atoms with Crippen molar-refractivity contribution in [2.45, 2.75) is 93.2 Å². The van der Waals surface area contributed by atoms with E-state index < -0.39 is 68.7 Å².